The van der Waals surface area contributed by atoms with E-state index in [2.05, 4.69) is 32.5 Å². The summed E-state index contributed by atoms with van der Waals surface area (Å²) in [6.45, 7) is 6.25. The number of ether oxygens (including phenoxy) is 1. The molecule has 0 spiro atoms. The summed E-state index contributed by atoms with van der Waals surface area (Å²) in [5.74, 6) is 1.01. The molecular weight excluding hydrogens is 559 g/mol. The number of aryl methyl sites for hydroxylation is 2. The van der Waals surface area contributed by atoms with Gasteiger partial charge in [0.25, 0.3) is 5.56 Å². The Morgan fingerprint density at radius 2 is 1.82 bits per heavy atom. The highest BCUT2D eigenvalue weighted by Crippen LogP contribution is 2.23. The predicted octanol–water partition coefficient (Wildman–Crippen LogP) is 7.12. The van der Waals surface area contributed by atoms with Crippen LogP contribution in [0.15, 0.2) is 87.2 Å². The number of hydrogen-bond acceptors (Lipinski definition) is 4. The summed E-state index contributed by atoms with van der Waals surface area (Å²) in [6.07, 6.45) is 3.21. The predicted molar refractivity (Wildman–Crippen MR) is 157 cm³/mol. The van der Waals surface area contributed by atoms with Gasteiger partial charge in [0.05, 0.1) is 17.1 Å². The van der Waals surface area contributed by atoms with Crippen LogP contribution in [0, 0.1) is 19.7 Å². The Balaban J connectivity index is 1.42. The van der Waals surface area contributed by atoms with Gasteiger partial charge in [-0.15, -0.1) is 0 Å². The van der Waals surface area contributed by atoms with E-state index in [4.69, 9.17) is 9.72 Å². The van der Waals surface area contributed by atoms with Crippen LogP contribution < -0.4 is 10.3 Å². The molecule has 0 unspecified atom stereocenters. The van der Waals surface area contributed by atoms with E-state index < -0.39 is 0 Å². The monoisotopic (exact) mass is 586 g/mol. The van der Waals surface area contributed by atoms with E-state index in [0.29, 0.717) is 34.5 Å². The summed E-state index contributed by atoms with van der Waals surface area (Å²) in [5, 5.41) is 5.11. The first kappa shape index (κ1) is 26.6. The SMILES string of the molecule is CCCc1nc2ccc(Br)cc2c(=O)n1N=Cc1cc(C)n(-c2ccc(OCc3ccccc3F)cc2)c1C. The van der Waals surface area contributed by atoms with Gasteiger partial charge in [-0.1, -0.05) is 41.1 Å². The Hall–Kier alpha value is -4.04. The number of halogens is 2. The van der Waals surface area contributed by atoms with Crippen molar-refractivity contribution in [2.24, 2.45) is 5.10 Å². The average molecular weight is 587 g/mol. The Labute approximate surface area is 234 Å². The largest absolute Gasteiger partial charge is 0.489 e. The number of rotatable bonds is 8. The number of hydrogen-bond donors (Lipinski definition) is 0. The van der Waals surface area contributed by atoms with Crippen LogP contribution >= 0.6 is 15.9 Å². The van der Waals surface area contributed by atoms with E-state index in [1.807, 2.05) is 56.3 Å². The summed E-state index contributed by atoms with van der Waals surface area (Å²) >= 11 is 3.45. The zero-order valence-corrected chi connectivity index (χ0v) is 23.6. The maximum Gasteiger partial charge on any atom is 0.282 e. The zero-order valence-electron chi connectivity index (χ0n) is 22.0. The lowest BCUT2D eigenvalue weighted by Gasteiger charge is -2.12. The van der Waals surface area contributed by atoms with Crippen molar-refractivity contribution in [3.8, 4) is 11.4 Å². The maximum absolute atomic E-state index is 13.9. The molecule has 2 aromatic heterocycles. The third-order valence-corrected chi connectivity index (χ3v) is 7.07. The highest BCUT2D eigenvalue weighted by Gasteiger charge is 2.13. The van der Waals surface area contributed by atoms with Crippen molar-refractivity contribution < 1.29 is 9.13 Å². The second-order valence-electron chi connectivity index (χ2n) is 9.34. The molecule has 0 atom stereocenters. The molecule has 0 radical (unpaired) electrons. The molecule has 0 N–H and O–H groups in total. The van der Waals surface area contributed by atoms with Gasteiger partial charge in [0, 0.05) is 39.1 Å². The molecule has 3 aromatic carbocycles. The molecule has 0 saturated carbocycles. The molecule has 39 heavy (non-hydrogen) atoms. The molecule has 6 nitrogen and oxygen atoms in total. The summed E-state index contributed by atoms with van der Waals surface area (Å²) < 4.78 is 24.0. The molecule has 0 saturated heterocycles. The molecule has 0 aliphatic heterocycles. The lowest BCUT2D eigenvalue weighted by molar-refractivity contribution is 0.300. The fraction of sp³-hybridized carbons (Fsp3) is 0.194. The second kappa shape index (κ2) is 11.4. The van der Waals surface area contributed by atoms with Crippen LogP contribution in [0.4, 0.5) is 4.39 Å². The normalized spacial score (nSPS) is 11.5. The van der Waals surface area contributed by atoms with E-state index >= 15 is 0 Å². The molecule has 0 aliphatic carbocycles. The van der Waals surface area contributed by atoms with E-state index in [1.165, 1.54) is 10.7 Å². The van der Waals surface area contributed by atoms with Crippen LogP contribution in [0.2, 0.25) is 0 Å². The minimum Gasteiger partial charge on any atom is -0.489 e. The lowest BCUT2D eigenvalue weighted by atomic mass is 10.2. The minimum absolute atomic E-state index is 0.161. The van der Waals surface area contributed by atoms with E-state index in [0.717, 1.165) is 33.5 Å². The first-order chi connectivity index (χ1) is 18.9. The van der Waals surface area contributed by atoms with Gasteiger partial charge >= 0.3 is 0 Å². The van der Waals surface area contributed by atoms with Crippen molar-refractivity contribution in [3.05, 3.63) is 122 Å². The van der Waals surface area contributed by atoms with Gasteiger partial charge in [-0.2, -0.15) is 9.78 Å². The van der Waals surface area contributed by atoms with Crippen LogP contribution in [0.1, 0.15) is 41.7 Å². The highest BCUT2D eigenvalue weighted by atomic mass is 79.9. The molecule has 0 bridgehead atoms. The Bertz CT molecular complexity index is 1740. The fourth-order valence-corrected chi connectivity index (χ4v) is 4.96. The minimum atomic E-state index is -0.279. The molecule has 2 heterocycles. The number of fused-ring (bicyclic) bond motifs is 1. The summed E-state index contributed by atoms with van der Waals surface area (Å²) in [4.78, 5) is 18.0. The van der Waals surface area contributed by atoms with E-state index in [9.17, 15) is 9.18 Å². The number of aromatic nitrogens is 3. The Morgan fingerprint density at radius 3 is 2.56 bits per heavy atom. The zero-order chi connectivity index (χ0) is 27.5. The topological polar surface area (TPSA) is 61.4 Å². The third kappa shape index (κ3) is 5.56. The van der Waals surface area contributed by atoms with Crippen LogP contribution in [-0.2, 0) is 13.0 Å². The van der Waals surface area contributed by atoms with Crippen molar-refractivity contribution in [2.45, 2.75) is 40.2 Å². The Kier molecular flexibility index (Phi) is 7.74. The van der Waals surface area contributed by atoms with E-state index in [1.54, 1.807) is 30.5 Å². The van der Waals surface area contributed by atoms with Gasteiger partial charge in [-0.05, 0) is 74.9 Å². The number of benzene rings is 3. The van der Waals surface area contributed by atoms with E-state index in [-0.39, 0.29) is 18.0 Å². The molecular formula is C31H28BrFN4O2. The molecule has 0 fully saturated rings. The van der Waals surface area contributed by atoms with Crippen molar-refractivity contribution in [2.75, 3.05) is 0 Å². The van der Waals surface area contributed by atoms with Crippen molar-refractivity contribution >= 4 is 33.0 Å². The standard InChI is InChI=1S/C31H28BrFN4O2/c1-4-7-30-35-29-15-10-24(32)17-27(29)31(38)37(30)34-18-23-16-20(2)36(21(23)3)25-11-13-26(14-12-25)39-19-22-8-5-6-9-28(22)33/h5-6,8-18H,4,7,19H2,1-3H3. The Morgan fingerprint density at radius 1 is 1.05 bits per heavy atom. The fourth-order valence-electron chi connectivity index (χ4n) is 4.60. The first-order valence-electron chi connectivity index (χ1n) is 12.8. The van der Waals surface area contributed by atoms with Gasteiger partial charge < -0.3 is 9.30 Å². The summed E-state index contributed by atoms with van der Waals surface area (Å²) in [5.41, 5.74) is 4.85. The molecule has 8 heteroatoms. The average Bonchev–Trinajstić information content (AvgIpc) is 3.21. The van der Waals surface area contributed by atoms with Crippen molar-refractivity contribution in [1.29, 1.82) is 0 Å². The first-order valence-corrected chi connectivity index (χ1v) is 13.6. The van der Waals surface area contributed by atoms with Crippen molar-refractivity contribution in [1.82, 2.24) is 14.2 Å². The van der Waals surface area contributed by atoms with Crippen molar-refractivity contribution in [3.63, 3.8) is 0 Å². The van der Waals surface area contributed by atoms with Gasteiger partial charge in [0.15, 0.2) is 0 Å². The van der Waals surface area contributed by atoms with Gasteiger partial charge in [0.1, 0.15) is 24.0 Å². The quantitative estimate of drug-likeness (QED) is 0.182. The van der Waals surface area contributed by atoms with Gasteiger partial charge in [-0.3, -0.25) is 4.79 Å². The molecule has 5 aromatic rings. The lowest BCUT2D eigenvalue weighted by Crippen LogP contribution is -2.22. The maximum atomic E-state index is 13.9. The summed E-state index contributed by atoms with van der Waals surface area (Å²) in [6, 6.07) is 21.8. The smallest absolute Gasteiger partial charge is 0.282 e. The summed E-state index contributed by atoms with van der Waals surface area (Å²) in [7, 11) is 0. The number of nitrogens with zero attached hydrogens (tertiary/aromatic N) is 4. The van der Waals surface area contributed by atoms with Crippen LogP contribution in [0.25, 0.3) is 16.6 Å². The van der Waals surface area contributed by atoms with Gasteiger partial charge in [-0.25, -0.2) is 9.37 Å². The second-order valence-corrected chi connectivity index (χ2v) is 10.3. The molecule has 0 amide bonds. The third-order valence-electron chi connectivity index (χ3n) is 6.58. The van der Waals surface area contributed by atoms with Crippen LogP contribution in [0.3, 0.4) is 0 Å². The molecule has 0 aliphatic rings. The van der Waals surface area contributed by atoms with Gasteiger partial charge in [0.2, 0.25) is 0 Å². The molecule has 5 rings (SSSR count). The molecule has 198 valence electrons. The van der Waals surface area contributed by atoms with Crippen LogP contribution in [-0.4, -0.2) is 20.4 Å². The highest BCUT2D eigenvalue weighted by molar-refractivity contribution is 9.10. The van der Waals surface area contributed by atoms with Crippen LogP contribution in [0.5, 0.6) is 5.75 Å².